The van der Waals surface area contributed by atoms with Gasteiger partial charge in [0.25, 0.3) is 0 Å². The summed E-state index contributed by atoms with van der Waals surface area (Å²) in [5.74, 6) is 0.813. The molecule has 0 radical (unpaired) electrons. The molecule has 0 unspecified atom stereocenters. The summed E-state index contributed by atoms with van der Waals surface area (Å²) in [6.45, 7) is 2.52. The van der Waals surface area contributed by atoms with E-state index in [4.69, 9.17) is 33.0 Å². The van der Waals surface area contributed by atoms with Crippen molar-refractivity contribution in [3.63, 3.8) is 0 Å². The van der Waals surface area contributed by atoms with E-state index in [1.165, 1.54) is 12.1 Å². The lowest BCUT2D eigenvalue weighted by Crippen LogP contribution is -2.29. The smallest absolute Gasteiger partial charge is 0.335 e. The summed E-state index contributed by atoms with van der Waals surface area (Å²) in [7, 11) is 0. The zero-order chi connectivity index (χ0) is 25.2. The average Bonchev–Trinajstić information content (AvgIpc) is 3.50. The van der Waals surface area contributed by atoms with Crippen LogP contribution in [0.15, 0.2) is 83.4 Å². The quantitative estimate of drug-likeness (QED) is 0.276. The van der Waals surface area contributed by atoms with Crippen LogP contribution in [0.1, 0.15) is 40.8 Å². The summed E-state index contributed by atoms with van der Waals surface area (Å²) >= 11 is 12.2. The van der Waals surface area contributed by atoms with Crippen LogP contribution in [0.25, 0.3) is 11.3 Å². The number of rotatable bonds is 7. The zero-order valence-electron chi connectivity index (χ0n) is 19.2. The number of carboxylic acid groups (broad SMARTS) is 1. The lowest BCUT2D eigenvalue weighted by atomic mass is 10.0. The third kappa shape index (κ3) is 4.53. The molecule has 2 N–H and O–H groups in total. The topological polar surface area (TPSA) is 87.8 Å². The number of anilines is 1. The first-order valence-corrected chi connectivity index (χ1v) is 12.1. The second-order valence-electron chi connectivity index (χ2n) is 8.13. The minimum Gasteiger partial charge on any atom is -0.494 e. The molecule has 0 spiro atoms. The Hall–Kier alpha value is -3.88. The molecule has 1 saturated heterocycles. The van der Waals surface area contributed by atoms with Crippen molar-refractivity contribution < 1.29 is 19.1 Å². The average molecular weight is 520 g/mol. The molecule has 0 saturated carbocycles. The highest BCUT2D eigenvalue weighted by molar-refractivity contribution is 7.80. The maximum absolute atomic E-state index is 11.5. The normalized spacial score (nSPS) is 17.2. The standard InChI is InChI=1S/C27H22ClN3O4S/c1-2-34-18-9-7-17(8-10-18)31-25(24(30-27(31)36)21-5-3-4-14-29-21)23-13-12-22(35-23)19-15-16(26(32)33)6-11-20(19)28/h3-15,24-25H,2H2,1H3,(H,30,36)(H,32,33)/t24-,25+/m0/s1. The number of aromatic carboxylic acids is 1. The molecule has 2 aromatic heterocycles. The number of hydrogen-bond donors (Lipinski definition) is 2. The summed E-state index contributed by atoms with van der Waals surface area (Å²) < 4.78 is 11.9. The highest BCUT2D eigenvalue weighted by Gasteiger charge is 2.42. The van der Waals surface area contributed by atoms with Crippen LogP contribution >= 0.6 is 23.8 Å². The van der Waals surface area contributed by atoms with Gasteiger partial charge in [-0.15, -0.1) is 0 Å². The number of halogens is 1. The number of pyridine rings is 1. The maximum atomic E-state index is 11.5. The first-order chi connectivity index (χ1) is 17.5. The van der Waals surface area contributed by atoms with Crippen LogP contribution in [0.2, 0.25) is 5.02 Å². The number of benzene rings is 2. The van der Waals surface area contributed by atoms with Crippen LogP contribution in [-0.2, 0) is 0 Å². The molecule has 7 nitrogen and oxygen atoms in total. The number of ether oxygens (including phenoxy) is 1. The van der Waals surface area contributed by atoms with Crippen molar-refractivity contribution in [2.24, 2.45) is 0 Å². The van der Waals surface area contributed by atoms with Gasteiger partial charge in [-0.25, -0.2) is 4.79 Å². The number of carbonyl (C=O) groups is 1. The van der Waals surface area contributed by atoms with E-state index in [-0.39, 0.29) is 17.6 Å². The lowest BCUT2D eigenvalue weighted by molar-refractivity contribution is 0.0697. The zero-order valence-corrected chi connectivity index (χ0v) is 20.8. The number of thiocarbonyl (C=S) groups is 1. The summed E-state index contributed by atoms with van der Waals surface area (Å²) in [5.41, 5.74) is 2.29. The number of carboxylic acids is 1. The molecular weight excluding hydrogens is 498 g/mol. The van der Waals surface area contributed by atoms with Crippen molar-refractivity contribution in [2.75, 3.05) is 11.5 Å². The molecule has 2 atom stereocenters. The molecule has 9 heteroatoms. The fourth-order valence-corrected chi connectivity index (χ4v) is 4.85. The molecule has 0 aliphatic carbocycles. The minimum atomic E-state index is -1.04. The summed E-state index contributed by atoms with van der Waals surface area (Å²) in [6, 6.07) is 20.9. The molecule has 182 valence electrons. The van der Waals surface area contributed by atoms with Gasteiger partial charge in [-0.3, -0.25) is 4.98 Å². The Kier molecular flexibility index (Phi) is 6.63. The Morgan fingerprint density at radius 1 is 1.17 bits per heavy atom. The minimum absolute atomic E-state index is 0.124. The van der Waals surface area contributed by atoms with Crippen LogP contribution in [0.5, 0.6) is 5.75 Å². The predicted octanol–water partition coefficient (Wildman–Crippen LogP) is 6.27. The third-order valence-corrected chi connectivity index (χ3v) is 6.57. The van der Waals surface area contributed by atoms with E-state index in [0.717, 1.165) is 17.1 Å². The molecule has 0 bridgehead atoms. The van der Waals surface area contributed by atoms with E-state index in [2.05, 4.69) is 10.3 Å². The summed E-state index contributed by atoms with van der Waals surface area (Å²) in [4.78, 5) is 18.0. The van der Waals surface area contributed by atoms with Gasteiger partial charge < -0.3 is 24.5 Å². The Morgan fingerprint density at radius 3 is 2.67 bits per heavy atom. The van der Waals surface area contributed by atoms with Gasteiger partial charge in [0.15, 0.2) is 5.11 Å². The van der Waals surface area contributed by atoms with Gasteiger partial charge in [-0.05, 0) is 85.9 Å². The van der Waals surface area contributed by atoms with Crippen LogP contribution < -0.4 is 15.0 Å². The van der Waals surface area contributed by atoms with Crippen molar-refractivity contribution in [1.29, 1.82) is 0 Å². The third-order valence-electron chi connectivity index (χ3n) is 5.92. The predicted molar refractivity (Wildman–Crippen MR) is 142 cm³/mol. The lowest BCUT2D eigenvalue weighted by Gasteiger charge is -2.26. The Morgan fingerprint density at radius 2 is 1.97 bits per heavy atom. The fraction of sp³-hybridized carbons (Fsp3) is 0.148. The largest absolute Gasteiger partial charge is 0.494 e. The molecule has 4 aromatic rings. The first-order valence-electron chi connectivity index (χ1n) is 11.3. The Labute approximate surface area is 218 Å². The van der Waals surface area contributed by atoms with Gasteiger partial charge in [-0.2, -0.15) is 0 Å². The number of nitrogens with zero attached hydrogens (tertiary/aromatic N) is 2. The van der Waals surface area contributed by atoms with Crippen molar-refractivity contribution in [1.82, 2.24) is 10.3 Å². The van der Waals surface area contributed by atoms with E-state index < -0.39 is 5.97 Å². The van der Waals surface area contributed by atoms with Crippen LogP contribution in [0.4, 0.5) is 5.69 Å². The molecular formula is C27H22ClN3O4S. The van der Waals surface area contributed by atoms with Gasteiger partial charge in [0.2, 0.25) is 0 Å². The second-order valence-corrected chi connectivity index (χ2v) is 8.92. The molecule has 1 fully saturated rings. The monoisotopic (exact) mass is 519 g/mol. The Balaban J connectivity index is 1.58. The van der Waals surface area contributed by atoms with Crippen molar-refractivity contribution >= 4 is 40.6 Å². The van der Waals surface area contributed by atoms with E-state index in [1.807, 2.05) is 60.4 Å². The van der Waals surface area contributed by atoms with E-state index >= 15 is 0 Å². The second kappa shape index (κ2) is 10.0. The van der Waals surface area contributed by atoms with Gasteiger partial charge in [-0.1, -0.05) is 17.7 Å². The van der Waals surface area contributed by atoms with Gasteiger partial charge in [0.1, 0.15) is 23.3 Å². The molecule has 0 amide bonds. The molecule has 1 aliphatic heterocycles. The first kappa shape index (κ1) is 23.8. The number of furan rings is 1. The van der Waals surface area contributed by atoms with Gasteiger partial charge in [0.05, 0.1) is 28.9 Å². The Bertz CT molecular complexity index is 1410. The van der Waals surface area contributed by atoms with Crippen LogP contribution in [0, 0.1) is 0 Å². The van der Waals surface area contributed by atoms with Gasteiger partial charge >= 0.3 is 5.97 Å². The highest BCUT2D eigenvalue weighted by atomic mass is 35.5. The number of nitrogens with one attached hydrogen (secondary N) is 1. The molecule has 2 aromatic carbocycles. The van der Waals surface area contributed by atoms with E-state index in [0.29, 0.717) is 33.8 Å². The summed E-state index contributed by atoms with van der Waals surface area (Å²) in [6.07, 6.45) is 1.74. The van der Waals surface area contributed by atoms with E-state index in [9.17, 15) is 9.90 Å². The SMILES string of the molecule is CCOc1ccc(N2C(=S)N[C@@H](c3ccccn3)[C@H]2c2ccc(-c3cc(C(=O)O)ccc3Cl)o2)cc1. The number of hydrogen-bond acceptors (Lipinski definition) is 5. The molecule has 36 heavy (non-hydrogen) atoms. The van der Waals surface area contributed by atoms with Gasteiger partial charge in [0, 0.05) is 17.4 Å². The molecule has 1 aliphatic rings. The summed E-state index contributed by atoms with van der Waals surface area (Å²) in [5, 5.41) is 13.7. The molecule has 3 heterocycles. The molecule has 5 rings (SSSR count). The van der Waals surface area contributed by atoms with Crippen molar-refractivity contribution in [2.45, 2.75) is 19.0 Å². The van der Waals surface area contributed by atoms with Crippen molar-refractivity contribution in [3.8, 4) is 17.1 Å². The maximum Gasteiger partial charge on any atom is 0.335 e. The van der Waals surface area contributed by atoms with Crippen molar-refractivity contribution in [3.05, 3.63) is 101 Å². The number of aromatic nitrogens is 1. The highest BCUT2D eigenvalue weighted by Crippen LogP contribution is 2.43. The van der Waals surface area contributed by atoms with Crippen LogP contribution in [-0.4, -0.2) is 27.8 Å². The van der Waals surface area contributed by atoms with E-state index in [1.54, 1.807) is 18.3 Å². The van der Waals surface area contributed by atoms with Crippen LogP contribution in [0.3, 0.4) is 0 Å². The fourth-order valence-electron chi connectivity index (χ4n) is 4.30.